The van der Waals surface area contributed by atoms with Crippen LogP contribution < -0.4 is 5.32 Å². The van der Waals surface area contributed by atoms with E-state index in [-0.39, 0.29) is 0 Å². The fraction of sp³-hybridized carbons (Fsp3) is 0.526. The van der Waals surface area contributed by atoms with Gasteiger partial charge in [0.1, 0.15) is 8.07 Å². The van der Waals surface area contributed by atoms with Gasteiger partial charge in [-0.05, 0) is 35.2 Å². The second kappa shape index (κ2) is 7.21. The van der Waals surface area contributed by atoms with E-state index in [1.165, 1.54) is 59.0 Å². The van der Waals surface area contributed by atoms with Gasteiger partial charge in [0, 0.05) is 11.5 Å². The predicted octanol–water partition coefficient (Wildman–Crippen LogP) is 5.29. The van der Waals surface area contributed by atoms with Gasteiger partial charge in [-0.3, -0.25) is 4.98 Å². The van der Waals surface area contributed by atoms with Gasteiger partial charge in [0.2, 0.25) is 0 Å². The smallest absolute Gasteiger partial charge is 0.110 e. The van der Waals surface area contributed by atoms with E-state index in [9.17, 15) is 0 Å². The van der Waals surface area contributed by atoms with Gasteiger partial charge in [0.05, 0.1) is 0 Å². The summed E-state index contributed by atoms with van der Waals surface area (Å²) in [6, 6.07) is 13.0. The van der Waals surface area contributed by atoms with Crippen molar-refractivity contribution in [3.63, 3.8) is 0 Å². The maximum Gasteiger partial charge on any atom is 0.110 e. The Hall–Kier alpha value is -1.15. The predicted molar refractivity (Wildman–Crippen MR) is 97.2 cm³/mol. The summed E-state index contributed by atoms with van der Waals surface area (Å²) in [4.78, 5) is 4.88. The van der Waals surface area contributed by atoms with Crippen molar-refractivity contribution in [3.05, 3.63) is 36.0 Å². The molecule has 114 valence electrons. The van der Waals surface area contributed by atoms with Gasteiger partial charge < -0.3 is 0 Å². The first-order valence-electron chi connectivity index (χ1n) is 8.59. The molecule has 0 bridgehead atoms. The Morgan fingerprint density at radius 3 is 2.24 bits per heavy atom. The standard InChI is InChI=1S/C19H29NSi/c1-5-9-11-16-12-10-13-18-17(16)14-15-20-19(18)21(6-2,7-3)8-4/h10,12-15H,5-9,11H2,1-4H3. The second-order valence-electron chi connectivity index (χ2n) is 6.12. The van der Waals surface area contributed by atoms with Crippen LogP contribution in [0.3, 0.4) is 0 Å². The number of benzene rings is 1. The van der Waals surface area contributed by atoms with E-state index in [0.717, 1.165) is 0 Å². The van der Waals surface area contributed by atoms with Crippen molar-refractivity contribution in [2.45, 2.75) is 65.1 Å². The highest BCUT2D eigenvalue weighted by Gasteiger charge is 2.32. The summed E-state index contributed by atoms with van der Waals surface area (Å²) < 4.78 is 0. The first kappa shape index (κ1) is 16.2. The molecule has 21 heavy (non-hydrogen) atoms. The minimum absolute atomic E-state index is 1.19. The van der Waals surface area contributed by atoms with Crippen LogP contribution in [0.4, 0.5) is 0 Å². The molecule has 0 saturated heterocycles. The Labute approximate surface area is 130 Å². The van der Waals surface area contributed by atoms with Gasteiger partial charge in [0.15, 0.2) is 0 Å². The van der Waals surface area contributed by atoms with Crippen LogP contribution in [0.2, 0.25) is 18.1 Å². The molecule has 0 saturated carbocycles. The minimum atomic E-state index is -1.42. The molecule has 1 aromatic heterocycles. The van der Waals surface area contributed by atoms with Crippen LogP contribution >= 0.6 is 0 Å². The van der Waals surface area contributed by atoms with Crippen molar-refractivity contribution < 1.29 is 0 Å². The summed E-state index contributed by atoms with van der Waals surface area (Å²) >= 11 is 0. The summed E-state index contributed by atoms with van der Waals surface area (Å²) in [5, 5.41) is 4.33. The van der Waals surface area contributed by atoms with Crippen LogP contribution in [0.1, 0.15) is 46.1 Å². The van der Waals surface area contributed by atoms with Crippen molar-refractivity contribution in [2.75, 3.05) is 0 Å². The first-order chi connectivity index (χ1) is 10.2. The third-order valence-corrected chi connectivity index (χ3v) is 10.7. The summed E-state index contributed by atoms with van der Waals surface area (Å²) in [6.45, 7) is 9.35. The van der Waals surface area contributed by atoms with Gasteiger partial charge in [-0.2, -0.15) is 0 Å². The molecule has 2 heteroatoms. The van der Waals surface area contributed by atoms with E-state index in [1.54, 1.807) is 0 Å². The van der Waals surface area contributed by atoms with E-state index in [2.05, 4.69) is 58.2 Å². The van der Waals surface area contributed by atoms with Crippen molar-refractivity contribution in [1.82, 2.24) is 4.98 Å². The molecule has 0 N–H and O–H groups in total. The highest BCUT2D eigenvalue weighted by Crippen LogP contribution is 2.25. The van der Waals surface area contributed by atoms with Crippen LogP contribution in [0, 0.1) is 0 Å². The van der Waals surface area contributed by atoms with Crippen LogP contribution in [0.25, 0.3) is 10.8 Å². The molecule has 2 aromatic rings. The highest BCUT2D eigenvalue weighted by molar-refractivity contribution is 6.92. The van der Waals surface area contributed by atoms with Gasteiger partial charge in [-0.1, -0.05) is 70.4 Å². The number of fused-ring (bicyclic) bond motifs is 1. The topological polar surface area (TPSA) is 12.9 Å². The Kier molecular flexibility index (Phi) is 5.57. The summed E-state index contributed by atoms with van der Waals surface area (Å²) in [5.41, 5.74) is 1.50. The monoisotopic (exact) mass is 299 g/mol. The van der Waals surface area contributed by atoms with Crippen molar-refractivity contribution in [2.24, 2.45) is 0 Å². The second-order valence-corrected chi connectivity index (χ2v) is 11.3. The Bertz CT molecular complexity index is 579. The van der Waals surface area contributed by atoms with E-state index in [4.69, 9.17) is 4.98 Å². The van der Waals surface area contributed by atoms with Gasteiger partial charge in [-0.15, -0.1) is 0 Å². The highest BCUT2D eigenvalue weighted by atomic mass is 28.3. The quantitative estimate of drug-likeness (QED) is 0.633. The molecule has 0 aliphatic heterocycles. The zero-order chi connectivity index (χ0) is 15.3. The van der Waals surface area contributed by atoms with Crippen molar-refractivity contribution in [3.8, 4) is 0 Å². The van der Waals surface area contributed by atoms with Crippen molar-refractivity contribution in [1.29, 1.82) is 0 Å². The van der Waals surface area contributed by atoms with E-state index < -0.39 is 8.07 Å². The largest absolute Gasteiger partial charge is 0.265 e. The number of pyridine rings is 1. The zero-order valence-corrected chi connectivity index (χ0v) is 15.1. The summed E-state index contributed by atoms with van der Waals surface area (Å²) in [6.07, 6.45) is 5.77. The lowest BCUT2D eigenvalue weighted by atomic mass is 10.0. The molecular formula is C19H29NSi. The molecule has 0 aliphatic rings. The SMILES string of the molecule is CCCCc1cccc2c([Si](CC)(CC)CC)nccc12. The van der Waals surface area contributed by atoms with Gasteiger partial charge in [-0.25, -0.2) is 0 Å². The molecule has 0 fully saturated rings. The number of hydrogen-bond acceptors (Lipinski definition) is 1. The molecule has 0 atom stereocenters. The van der Waals surface area contributed by atoms with E-state index in [0.29, 0.717) is 0 Å². The number of nitrogens with zero attached hydrogens (tertiary/aromatic N) is 1. The maximum absolute atomic E-state index is 4.88. The Balaban J connectivity index is 2.61. The first-order valence-corrected chi connectivity index (χ1v) is 11.2. The molecule has 1 aromatic carbocycles. The molecule has 0 amide bonds. The van der Waals surface area contributed by atoms with Crippen LogP contribution in [0.5, 0.6) is 0 Å². The van der Waals surface area contributed by atoms with Crippen molar-refractivity contribution >= 4 is 24.2 Å². The average molecular weight is 300 g/mol. The third kappa shape index (κ3) is 3.05. The fourth-order valence-electron chi connectivity index (χ4n) is 3.53. The molecule has 0 spiro atoms. The molecule has 0 unspecified atom stereocenters. The number of aryl methyl sites for hydroxylation is 1. The van der Waals surface area contributed by atoms with E-state index >= 15 is 0 Å². The molecule has 1 heterocycles. The van der Waals surface area contributed by atoms with Crippen LogP contribution in [-0.2, 0) is 6.42 Å². The number of aromatic nitrogens is 1. The average Bonchev–Trinajstić information content (AvgIpc) is 2.55. The van der Waals surface area contributed by atoms with Gasteiger partial charge in [0.25, 0.3) is 0 Å². The zero-order valence-electron chi connectivity index (χ0n) is 14.1. The third-order valence-electron chi connectivity index (χ3n) is 5.23. The van der Waals surface area contributed by atoms with Gasteiger partial charge >= 0.3 is 0 Å². The Morgan fingerprint density at radius 2 is 1.62 bits per heavy atom. The lowest BCUT2D eigenvalue weighted by Crippen LogP contribution is -2.47. The summed E-state index contributed by atoms with van der Waals surface area (Å²) in [5.74, 6) is 0. The lowest BCUT2D eigenvalue weighted by Gasteiger charge is -2.28. The minimum Gasteiger partial charge on any atom is -0.265 e. The molecule has 2 rings (SSSR count). The molecule has 0 radical (unpaired) electrons. The maximum atomic E-state index is 4.88. The Morgan fingerprint density at radius 1 is 0.905 bits per heavy atom. The number of unbranched alkanes of at least 4 members (excludes halogenated alkanes) is 1. The number of rotatable bonds is 7. The fourth-order valence-corrected chi connectivity index (χ4v) is 7.17. The molecule has 1 nitrogen and oxygen atoms in total. The summed E-state index contributed by atoms with van der Waals surface area (Å²) in [7, 11) is -1.42. The normalized spacial score (nSPS) is 12.0. The number of hydrogen-bond donors (Lipinski definition) is 0. The molecule has 0 aliphatic carbocycles. The lowest BCUT2D eigenvalue weighted by molar-refractivity contribution is 0.799. The van der Waals surface area contributed by atoms with E-state index in [1.807, 2.05) is 0 Å². The molecular weight excluding hydrogens is 270 g/mol. The van der Waals surface area contributed by atoms with Crippen LogP contribution in [-0.4, -0.2) is 13.1 Å². The van der Waals surface area contributed by atoms with Crippen LogP contribution in [0.15, 0.2) is 30.5 Å².